The summed E-state index contributed by atoms with van der Waals surface area (Å²) in [6.07, 6.45) is 6.77. The van der Waals surface area contributed by atoms with E-state index in [-0.39, 0.29) is 16.9 Å². The van der Waals surface area contributed by atoms with Crippen LogP contribution in [0.15, 0.2) is 24.3 Å². The number of para-hydroxylation sites is 1. The van der Waals surface area contributed by atoms with E-state index in [4.69, 9.17) is 12.2 Å². The van der Waals surface area contributed by atoms with E-state index in [2.05, 4.69) is 17.6 Å². The first-order valence-corrected chi connectivity index (χ1v) is 9.51. The minimum absolute atomic E-state index is 0.00860. The Hall–Kier alpha value is -1.95. The SMILES string of the molecule is CCCCCCC(=O)NC(=S)Nc1ccccc1C(=O)N1CCCC1. The van der Waals surface area contributed by atoms with Crippen LogP contribution in [0.3, 0.4) is 0 Å². The van der Waals surface area contributed by atoms with Crippen molar-refractivity contribution in [2.24, 2.45) is 0 Å². The number of carbonyl (C=O) groups excluding carboxylic acids is 2. The molecule has 1 fully saturated rings. The topological polar surface area (TPSA) is 61.4 Å². The third kappa shape index (κ3) is 6.12. The summed E-state index contributed by atoms with van der Waals surface area (Å²) < 4.78 is 0. The Kier molecular flexibility index (Phi) is 7.85. The molecule has 0 atom stereocenters. The highest BCUT2D eigenvalue weighted by Gasteiger charge is 2.22. The Morgan fingerprint density at radius 3 is 2.56 bits per heavy atom. The fraction of sp³-hybridized carbons (Fsp3) is 0.526. The van der Waals surface area contributed by atoms with Gasteiger partial charge in [0.05, 0.1) is 11.3 Å². The molecule has 1 aliphatic heterocycles. The number of anilines is 1. The van der Waals surface area contributed by atoms with Gasteiger partial charge in [0.25, 0.3) is 5.91 Å². The first-order valence-electron chi connectivity index (χ1n) is 9.11. The number of hydrogen-bond donors (Lipinski definition) is 2. The second-order valence-electron chi connectivity index (χ2n) is 6.36. The van der Waals surface area contributed by atoms with Crippen molar-refractivity contribution < 1.29 is 9.59 Å². The number of carbonyl (C=O) groups is 2. The summed E-state index contributed by atoms with van der Waals surface area (Å²) in [6, 6.07) is 7.28. The lowest BCUT2D eigenvalue weighted by atomic mass is 10.1. The zero-order chi connectivity index (χ0) is 18.1. The largest absolute Gasteiger partial charge is 0.339 e. The summed E-state index contributed by atoms with van der Waals surface area (Å²) in [5.74, 6) is -0.0776. The molecular formula is C19H27N3O2S. The van der Waals surface area contributed by atoms with Gasteiger partial charge in [-0.2, -0.15) is 0 Å². The summed E-state index contributed by atoms with van der Waals surface area (Å²) >= 11 is 5.23. The molecule has 1 saturated heterocycles. The molecule has 0 saturated carbocycles. The molecule has 5 nitrogen and oxygen atoms in total. The van der Waals surface area contributed by atoms with Gasteiger partial charge in [-0.05, 0) is 43.6 Å². The lowest BCUT2D eigenvalue weighted by molar-refractivity contribution is -0.119. The van der Waals surface area contributed by atoms with Gasteiger partial charge in [0.1, 0.15) is 0 Å². The van der Waals surface area contributed by atoms with Gasteiger partial charge in [-0.1, -0.05) is 38.3 Å². The highest BCUT2D eigenvalue weighted by atomic mass is 32.1. The average molecular weight is 362 g/mol. The summed E-state index contributed by atoms with van der Waals surface area (Å²) in [7, 11) is 0. The fourth-order valence-corrected chi connectivity index (χ4v) is 3.15. The molecule has 0 aliphatic carbocycles. The number of unbranched alkanes of at least 4 members (excludes halogenated alkanes) is 3. The van der Waals surface area contributed by atoms with Crippen LogP contribution in [0.5, 0.6) is 0 Å². The summed E-state index contributed by atoms with van der Waals surface area (Å²) in [6.45, 7) is 3.73. The van der Waals surface area contributed by atoms with Crippen LogP contribution >= 0.6 is 12.2 Å². The van der Waals surface area contributed by atoms with Gasteiger partial charge < -0.3 is 15.5 Å². The minimum atomic E-state index is -0.0862. The number of hydrogen-bond acceptors (Lipinski definition) is 3. The molecule has 25 heavy (non-hydrogen) atoms. The zero-order valence-electron chi connectivity index (χ0n) is 14.8. The van der Waals surface area contributed by atoms with E-state index >= 15 is 0 Å². The lowest BCUT2D eigenvalue weighted by Gasteiger charge is -2.18. The minimum Gasteiger partial charge on any atom is -0.339 e. The van der Waals surface area contributed by atoms with Gasteiger partial charge in [0, 0.05) is 19.5 Å². The fourth-order valence-electron chi connectivity index (χ4n) is 2.92. The Bertz CT molecular complexity index is 612. The first kappa shape index (κ1) is 19.4. The van der Waals surface area contributed by atoms with Crippen molar-refractivity contribution in [3.63, 3.8) is 0 Å². The van der Waals surface area contributed by atoms with Gasteiger partial charge in [0.2, 0.25) is 5.91 Å². The van der Waals surface area contributed by atoms with Crippen LogP contribution in [0.25, 0.3) is 0 Å². The second-order valence-corrected chi connectivity index (χ2v) is 6.77. The molecular weight excluding hydrogens is 334 g/mol. The van der Waals surface area contributed by atoms with Crippen molar-refractivity contribution in [2.75, 3.05) is 18.4 Å². The molecule has 2 amide bonds. The predicted octanol–water partition coefficient (Wildman–Crippen LogP) is 3.71. The van der Waals surface area contributed by atoms with E-state index in [9.17, 15) is 9.59 Å². The molecule has 1 heterocycles. The highest BCUT2D eigenvalue weighted by molar-refractivity contribution is 7.80. The van der Waals surface area contributed by atoms with Gasteiger partial charge in [-0.15, -0.1) is 0 Å². The maximum absolute atomic E-state index is 12.6. The lowest BCUT2D eigenvalue weighted by Crippen LogP contribution is -2.35. The maximum atomic E-state index is 12.6. The molecule has 0 bridgehead atoms. The van der Waals surface area contributed by atoms with Crippen LogP contribution in [0, 0.1) is 0 Å². The Labute approximate surface area is 155 Å². The first-order chi connectivity index (χ1) is 12.1. The van der Waals surface area contributed by atoms with Gasteiger partial charge in [0.15, 0.2) is 5.11 Å². The Morgan fingerprint density at radius 2 is 1.84 bits per heavy atom. The maximum Gasteiger partial charge on any atom is 0.255 e. The molecule has 2 rings (SSSR count). The predicted molar refractivity (Wildman–Crippen MR) is 105 cm³/mol. The Balaban J connectivity index is 1.90. The van der Waals surface area contributed by atoms with Crippen molar-refractivity contribution in [1.29, 1.82) is 0 Å². The smallest absolute Gasteiger partial charge is 0.255 e. The summed E-state index contributed by atoms with van der Waals surface area (Å²) in [4.78, 5) is 26.4. The van der Waals surface area contributed by atoms with E-state index in [0.717, 1.165) is 51.6 Å². The monoisotopic (exact) mass is 361 g/mol. The van der Waals surface area contributed by atoms with E-state index in [0.29, 0.717) is 17.7 Å². The normalized spacial score (nSPS) is 13.6. The number of benzene rings is 1. The van der Waals surface area contributed by atoms with Gasteiger partial charge in [-0.25, -0.2) is 0 Å². The molecule has 1 aliphatic rings. The van der Waals surface area contributed by atoms with E-state index in [1.54, 1.807) is 6.07 Å². The van der Waals surface area contributed by atoms with Crippen LogP contribution in [0.1, 0.15) is 62.2 Å². The van der Waals surface area contributed by atoms with E-state index in [1.165, 1.54) is 0 Å². The van der Waals surface area contributed by atoms with E-state index < -0.39 is 0 Å². The van der Waals surface area contributed by atoms with Crippen LogP contribution in [0.2, 0.25) is 0 Å². The average Bonchev–Trinajstić information content (AvgIpc) is 3.13. The number of nitrogens with one attached hydrogen (secondary N) is 2. The standard InChI is InChI=1S/C19H27N3O2S/c1-2-3-4-5-12-17(23)21-19(25)20-16-11-7-6-10-15(16)18(24)22-13-8-9-14-22/h6-7,10-11H,2-5,8-9,12-14H2,1H3,(H2,20,21,23,25). The van der Waals surface area contributed by atoms with E-state index in [1.807, 2.05) is 23.1 Å². The number of nitrogens with zero attached hydrogens (tertiary/aromatic N) is 1. The van der Waals surface area contributed by atoms with Crippen LogP contribution in [-0.2, 0) is 4.79 Å². The molecule has 0 unspecified atom stereocenters. The molecule has 1 aromatic carbocycles. The number of rotatable bonds is 7. The summed E-state index contributed by atoms with van der Waals surface area (Å²) in [5, 5.41) is 5.93. The van der Waals surface area contributed by atoms with Gasteiger partial charge >= 0.3 is 0 Å². The number of likely N-dealkylation sites (tertiary alicyclic amines) is 1. The third-order valence-electron chi connectivity index (χ3n) is 4.31. The van der Waals surface area contributed by atoms with Crippen molar-refractivity contribution in [1.82, 2.24) is 10.2 Å². The molecule has 6 heteroatoms. The molecule has 0 spiro atoms. The number of thiocarbonyl (C=S) groups is 1. The Morgan fingerprint density at radius 1 is 1.12 bits per heavy atom. The van der Waals surface area contributed by atoms with Crippen LogP contribution in [0.4, 0.5) is 5.69 Å². The van der Waals surface area contributed by atoms with Crippen molar-refractivity contribution in [2.45, 2.75) is 51.9 Å². The molecule has 1 aromatic rings. The third-order valence-corrected chi connectivity index (χ3v) is 4.51. The van der Waals surface area contributed by atoms with Crippen molar-refractivity contribution in [3.8, 4) is 0 Å². The molecule has 0 radical (unpaired) electrons. The summed E-state index contributed by atoms with van der Waals surface area (Å²) in [5.41, 5.74) is 1.22. The second kappa shape index (κ2) is 10.1. The van der Waals surface area contributed by atoms with Crippen LogP contribution in [-0.4, -0.2) is 34.9 Å². The number of amides is 2. The van der Waals surface area contributed by atoms with Gasteiger partial charge in [-0.3, -0.25) is 9.59 Å². The quantitative estimate of drug-likeness (QED) is 0.574. The highest BCUT2D eigenvalue weighted by Crippen LogP contribution is 2.20. The molecule has 136 valence electrons. The van der Waals surface area contributed by atoms with Crippen molar-refractivity contribution in [3.05, 3.63) is 29.8 Å². The molecule has 0 aromatic heterocycles. The van der Waals surface area contributed by atoms with Crippen molar-refractivity contribution >= 4 is 34.8 Å². The zero-order valence-corrected chi connectivity index (χ0v) is 15.7. The molecule has 2 N–H and O–H groups in total. The van der Waals surface area contributed by atoms with Crippen LogP contribution < -0.4 is 10.6 Å².